The third-order valence-electron chi connectivity index (χ3n) is 8.15. The van der Waals surface area contributed by atoms with Gasteiger partial charge in [-0.2, -0.15) is 48.5 Å². The number of aromatic nitrogens is 2. The van der Waals surface area contributed by atoms with Crippen LogP contribution in [0.5, 0.6) is 5.88 Å². The van der Waals surface area contributed by atoms with Gasteiger partial charge in [0.25, 0.3) is 58.2 Å². The summed E-state index contributed by atoms with van der Waals surface area (Å²) in [5, 5.41) is 21.7. The highest BCUT2D eigenvalue weighted by atomic mass is 32.2. The summed E-state index contributed by atoms with van der Waals surface area (Å²) in [6.07, 6.45) is 5.54. The van der Waals surface area contributed by atoms with Crippen molar-refractivity contribution in [3.63, 3.8) is 0 Å². The van der Waals surface area contributed by atoms with E-state index in [9.17, 15) is 71.4 Å². The predicted molar refractivity (Wildman–Crippen MR) is 201 cm³/mol. The summed E-state index contributed by atoms with van der Waals surface area (Å²) in [7, 11) is -17.9. The number of aromatic hydroxyl groups is 1. The molecule has 0 spiro atoms. The van der Waals surface area contributed by atoms with E-state index in [4.69, 9.17) is 4.74 Å². The Bertz CT molecular complexity index is 2920. The van der Waals surface area contributed by atoms with E-state index in [-0.39, 0.29) is 18.7 Å². The van der Waals surface area contributed by atoms with Gasteiger partial charge in [0.15, 0.2) is 12.1 Å². The monoisotopic (exact) mass is 899 g/mol. The second kappa shape index (κ2) is 16.2. The molecule has 2 aliphatic rings. The van der Waals surface area contributed by atoms with E-state index in [1.54, 1.807) is 0 Å². The number of nitrogens with one attached hydrogen (secondary N) is 1. The van der Waals surface area contributed by atoms with E-state index in [2.05, 4.69) is 20.5 Å². The van der Waals surface area contributed by atoms with Gasteiger partial charge in [0, 0.05) is 32.8 Å². The highest BCUT2D eigenvalue weighted by Crippen LogP contribution is 2.34. The van der Waals surface area contributed by atoms with E-state index in [0.29, 0.717) is 52.5 Å². The molecule has 0 bridgehead atoms. The van der Waals surface area contributed by atoms with Crippen molar-refractivity contribution < 1.29 is 76.1 Å². The summed E-state index contributed by atoms with van der Waals surface area (Å²) in [5.74, 6) is -4.23. The Kier molecular flexibility index (Phi) is 12.1. The fourth-order valence-corrected chi connectivity index (χ4v) is 7.80. The number of benzene rings is 2. The van der Waals surface area contributed by atoms with Crippen LogP contribution in [0.15, 0.2) is 95.6 Å². The molecule has 24 nitrogen and oxygen atoms in total. The fourth-order valence-electron chi connectivity index (χ4n) is 5.50. The van der Waals surface area contributed by atoms with Crippen molar-refractivity contribution in [2.45, 2.75) is 32.4 Å². The number of likely N-dealkylation sites (tertiary alicyclic amines) is 1. The van der Waals surface area contributed by atoms with Gasteiger partial charge in [0.1, 0.15) is 15.4 Å². The molecule has 3 amide bonds. The molecule has 2 aromatic carbocycles. The molecule has 5 rings (SSSR count). The van der Waals surface area contributed by atoms with Gasteiger partial charge in [-0.25, -0.2) is 0 Å². The lowest BCUT2D eigenvalue weighted by Crippen LogP contribution is -2.24. The fraction of sp³-hybridized carbons (Fsp3) is 0.161. The van der Waals surface area contributed by atoms with Crippen LogP contribution in [0.25, 0.3) is 11.8 Å². The van der Waals surface area contributed by atoms with Crippen molar-refractivity contribution in [2.75, 3.05) is 25.6 Å². The first-order chi connectivity index (χ1) is 27.4. The molecule has 314 valence electrons. The topological polar surface area (TPSA) is 359 Å². The second-order valence-corrected chi connectivity index (χ2v) is 17.5. The minimum Gasteiger partial charge on any atom is -0.493 e. The van der Waals surface area contributed by atoms with E-state index < -0.39 is 118 Å². The van der Waals surface area contributed by atoms with Crippen molar-refractivity contribution in [1.82, 2.24) is 20.0 Å². The molecular formula is C31H29N7O17S4. The Hall–Kier alpha value is -6.14. The lowest BCUT2D eigenvalue weighted by Gasteiger charge is -2.17. The van der Waals surface area contributed by atoms with E-state index in [0.717, 1.165) is 30.7 Å². The molecule has 59 heavy (non-hydrogen) atoms. The average Bonchev–Trinajstić information content (AvgIpc) is 3.82. The molecule has 0 aliphatic carbocycles. The molecule has 0 saturated carbocycles. The third kappa shape index (κ3) is 9.28. The van der Waals surface area contributed by atoms with Crippen LogP contribution in [0.1, 0.15) is 28.9 Å². The lowest BCUT2D eigenvalue weighted by atomic mass is 10.1. The zero-order valence-corrected chi connectivity index (χ0v) is 33.2. The number of ether oxygens (including phenoxy) is 1. The number of carbonyl (C=O) groups is 3. The number of allylic oxidation sites excluding steroid dienone is 3. The third-order valence-corrected chi connectivity index (χ3v) is 11.6. The van der Waals surface area contributed by atoms with Crippen LogP contribution in [0.3, 0.4) is 0 Å². The van der Waals surface area contributed by atoms with Crippen LogP contribution in [-0.2, 0) is 54.8 Å². The zero-order chi connectivity index (χ0) is 43.8. The van der Waals surface area contributed by atoms with Crippen molar-refractivity contribution in [3.05, 3.63) is 77.2 Å². The second-order valence-electron chi connectivity index (χ2n) is 11.9. The molecule has 0 radical (unpaired) electrons. The van der Waals surface area contributed by atoms with E-state index in [1.165, 1.54) is 19.0 Å². The quantitative estimate of drug-likeness (QED) is 0.0471. The van der Waals surface area contributed by atoms with Gasteiger partial charge in [0.05, 0.1) is 26.7 Å². The Morgan fingerprint density at radius 1 is 0.881 bits per heavy atom. The van der Waals surface area contributed by atoms with Crippen LogP contribution in [0, 0.1) is 0 Å². The van der Waals surface area contributed by atoms with Gasteiger partial charge in [-0.15, -0.1) is 5.10 Å². The van der Waals surface area contributed by atoms with Crippen LogP contribution >= 0.6 is 0 Å². The molecule has 0 unspecified atom stereocenters. The number of anilines is 1. The summed E-state index contributed by atoms with van der Waals surface area (Å²) >= 11 is 0. The number of amides is 3. The molecule has 6 N–H and O–H groups in total. The molecule has 1 aromatic heterocycles. The summed E-state index contributed by atoms with van der Waals surface area (Å²) in [6, 6.07) is 3.53. The van der Waals surface area contributed by atoms with Gasteiger partial charge in [-0.05, 0) is 67.1 Å². The molecule has 3 heterocycles. The number of hydrogen-bond donors (Lipinski definition) is 6. The summed E-state index contributed by atoms with van der Waals surface area (Å²) in [5.41, 5.74) is -3.31. The number of rotatable bonds is 12. The van der Waals surface area contributed by atoms with Crippen LogP contribution in [0.2, 0.25) is 0 Å². The minimum absolute atomic E-state index is 0.0505. The van der Waals surface area contributed by atoms with Crippen LogP contribution in [-0.4, -0.2) is 122 Å². The smallest absolute Gasteiger partial charge is 0.296 e. The summed E-state index contributed by atoms with van der Waals surface area (Å²) in [4.78, 5) is 40.8. The van der Waals surface area contributed by atoms with E-state index in [1.807, 2.05) is 0 Å². The molecule has 1 saturated heterocycles. The van der Waals surface area contributed by atoms with Gasteiger partial charge in [-0.3, -0.25) is 37.6 Å². The van der Waals surface area contributed by atoms with Gasteiger partial charge in [-0.1, -0.05) is 0 Å². The Labute approximate surface area is 334 Å². The SMILES string of the molecule is CN=COC1=NN(c2cc(S(=O)(=O)O)ccc2S(=O)(=O)O)C(=O)/C1=C\C=C(C=Cc1c(C(=O)NC)nn(-c2cc(S(=O)(=O)O)ccc2S(=O)(=O)O)c1O)N1CCCC1=O. The highest BCUT2D eigenvalue weighted by Gasteiger charge is 2.37. The van der Waals surface area contributed by atoms with Crippen LogP contribution < -0.4 is 10.3 Å². The summed E-state index contributed by atoms with van der Waals surface area (Å²) in [6.45, 7) is 0.0893. The summed E-state index contributed by atoms with van der Waals surface area (Å²) < 4.78 is 141. The minimum atomic E-state index is -5.17. The average molecular weight is 900 g/mol. The largest absolute Gasteiger partial charge is 0.493 e. The maximum absolute atomic E-state index is 13.8. The predicted octanol–water partition coefficient (Wildman–Crippen LogP) is 0.405. The molecule has 2 aliphatic heterocycles. The number of aliphatic imine (C=N–C) groups is 1. The Morgan fingerprint density at radius 3 is 1.97 bits per heavy atom. The molecule has 1 fully saturated rings. The van der Waals surface area contributed by atoms with Gasteiger partial charge < -0.3 is 20.1 Å². The van der Waals surface area contributed by atoms with Crippen molar-refractivity contribution in [3.8, 4) is 11.6 Å². The van der Waals surface area contributed by atoms with Gasteiger partial charge >= 0.3 is 0 Å². The zero-order valence-electron chi connectivity index (χ0n) is 29.9. The molecule has 28 heteroatoms. The maximum atomic E-state index is 13.8. The Balaban J connectivity index is 1.69. The Morgan fingerprint density at radius 2 is 1.46 bits per heavy atom. The van der Waals surface area contributed by atoms with Crippen molar-refractivity contribution >= 4 is 82.3 Å². The first kappa shape index (κ1) is 44.0. The number of nitrogens with zero attached hydrogens (tertiary/aromatic N) is 6. The normalized spacial score (nSPS) is 16.5. The number of carbonyl (C=O) groups excluding carboxylic acids is 3. The van der Waals surface area contributed by atoms with Gasteiger partial charge in [0.2, 0.25) is 11.8 Å². The highest BCUT2D eigenvalue weighted by molar-refractivity contribution is 7.87. The van der Waals surface area contributed by atoms with E-state index >= 15 is 0 Å². The number of hydrazone groups is 1. The lowest BCUT2D eigenvalue weighted by molar-refractivity contribution is -0.125. The van der Waals surface area contributed by atoms with Crippen molar-refractivity contribution in [1.29, 1.82) is 0 Å². The van der Waals surface area contributed by atoms with Crippen LogP contribution in [0.4, 0.5) is 5.69 Å². The standard InChI is InChI=1S/C31H29N7O17S4/c1-32-16-55-29-21(31(42)38(35-29)23-15-19(57(46,47)48)8-12-25(23)59(52,53)54)10-6-17(36-13-3-4-26(36)39)5-9-20-27(28(40)33-2)34-37(30(20)41)22-14-18(56(43,44)45)7-11-24(22)58(49,50)51/h5-12,14-16,41H,3-4,13H2,1-2H3,(H,33,40)(H,43,44,45)(H,46,47,48)(H,49,50,51)(H,52,53,54)/b9-5?,17-6?,21-10-,32-16?. The van der Waals surface area contributed by atoms with Crippen molar-refractivity contribution in [2.24, 2.45) is 10.1 Å². The maximum Gasteiger partial charge on any atom is 0.296 e. The molecular weight excluding hydrogens is 871 g/mol. The number of hydrogen-bond acceptors (Lipinski definition) is 16. The molecule has 3 aromatic rings. The first-order valence-electron chi connectivity index (χ1n) is 16.0. The first-order valence-corrected chi connectivity index (χ1v) is 21.8. The molecule has 0 atom stereocenters.